The van der Waals surface area contributed by atoms with Crippen LogP contribution in [0, 0.1) is 0 Å². The Morgan fingerprint density at radius 3 is 2.45 bits per heavy atom. The molecular formula is C30H33N5O3. The van der Waals surface area contributed by atoms with E-state index >= 15 is 0 Å². The molecule has 0 bridgehead atoms. The number of benzene rings is 2. The van der Waals surface area contributed by atoms with Gasteiger partial charge >= 0.3 is 0 Å². The van der Waals surface area contributed by atoms with Crippen LogP contribution in [0.3, 0.4) is 0 Å². The van der Waals surface area contributed by atoms with Gasteiger partial charge in [-0.15, -0.1) is 0 Å². The molecule has 0 spiro atoms. The highest BCUT2D eigenvalue weighted by molar-refractivity contribution is 6.24. The minimum absolute atomic E-state index is 0.129. The summed E-state index contributed by atoms with van der Waals surface area (Å²) < 4.78 is 11.0. The van der Waals surface area contributed by atoms with Crippen molar-refractivity contribution in [2.24, 2.45) is 5.73 Å². The van der Waals surface area contributed by atoms with E-state index in [0.29, 0.717) is 40.8 Å². The molecule has 3 aromatic rings. The van der Waals surface area contributed by atoms with Crippen molar-refractivity contribution >= 4 is 28.7 Å². The second-order valence-electron chi connectivity index (χ2n) is 8.70. The summed E-state index contributed by atoms with van der Waals surface area (Å²) >= 11 is 0. The Morgan fingerprint density at radius 1 is 1.00 bits per heavy atom. The molecule has 196 valence electrons. The number of nitrogens with zero attached hydrogens (tertiary/aromatic N) is 2. The molecule has 1 aromatic heterocycles. The van der Waals surface area contributed by atoms with Crippen LogP contribution >= 0.6 is 0 Å². The van der Waals surface area contributed by atoms with Crippen LogP contribution in [0.15, 0.2) is 84.4 Å². The quantitative estimate of drug-likeness (QED) is 0.290. The van der Waals surface area contributed by atoms with E-state index < -0.39 is 0 Å². The maximum atomic E-state index is 12.9. The molecule has 0 saturated carbocycles. The number of rotatable bonds is 11. The molecule has 0 unspecified atom stereocenters. The predicted octanol–water partition coefficient (Wildman–Crippen LogP) is 5.49. The predicted molar refractivity (Wildman–Crippen MR) is 152 cm³/mol. The molecule has 0 aliphatic heterocycles. The number of nitrogens with two attached hydrogens (primary N) is 1. The number of hydrogen-bond acceptors (Lipinski definition) is 8. The zero-order valence-electron chi connectivity index (χ0n) is 22.0. The monoisotopic (exact) mass is 511 g/mol. The second-order valence-corrected chi connectivity index (χ2v) is 8.70. The number of hydrogen-bond donors (Lipinski definition) is 3. The van der Waals surface area contributed by atoms with Gasteiger partial charge in [0.2, 0.25) is 0 Å². The summed E-state index contributed by atoms with van der Waals surface area (Å²) in [5, 5.41) is 6.80. The van der Waals surface area contributed by atoms with Crippen molar-refractivity contribution in [1.82, 2.24) is 9.97 Å². The third kappa shape index (κ3) is 6.10. The van der Waals surface area contributed by atoms with Crippen LogP contribution in [-0.2, 0) is 9.53 Å². The van der Waals surface area contributed by atoms with E-state index in [9.17, 15) is 4.79 Å². The fourth-order valence-electron chi connectivity index (χ4n) is 4.34. The average molecular weight is 512 g/mol. The number of ketones is 1. The van der Waals surface area contributed by atoms with Crippen LogP contribution in [0.25, 0.3) is 16.7 Å². The molecule has 0 radical (unpaired) electrons. The fraction of sp³-hybridized carbons (Fsp3) is 0.233. The summed E-state index contributed by atoms with van der Waals surface area (Å²) in [7, 11) is 3.30. The lowest BCUT2D eigenvalue weighted by atomic mass is 10.0. The van der Waals surface area contributed by atoms with Crippen LogP contribution in [0.1, 0.15) is 25.3 Å². The van der Waals surface area contributed by atoms with Crippen molar-refractivity contribution in [3.8, 4) is 16.9 Å². The summed E-state index contributed by atoms with van der Waals surface area (Å²) in [4.78, 5) is 21.9. The number of aromatic nitrogens is 2. The van der Waals surface area contributed by atoms with Gasteiger partial charge in [-0.3, -0.25) is 4.79 Å². The van der Waals surface area contributed by atoms with Gasteiger partial charge in [0.05, 0.1) is 37.8 Å². The number of Topliss-reactive ketones (excluding diaryl/α,β-unsaturated/α-hetero) is 1. The molecule has 0 atom stereocenters. The summed E-state index contributed by atoms with van der Waals surface area (Å²) in [5.74, 6) is 2.41. The minimum Gasteiger partial charge on any atom is -0.501 e. The number of carbonyl (C=O) groups excluding carboxylic acids is 1. The molecule has 38 heavy (non-hydrogen) atoms. The van der Waals surface area contributed by atoms with Gasteiger partial charge in [-0.05, 0) is 42.7 Å². The van der Waals surface area contributed by atoms with Crippen molar-refractivity contribution in [3.05, 3.63) is 90.0 Å². The third-order valence-corrected chi connectivity index (χ3v) is 6.39. The van der Waals surface area contributed by atoms with E-state index in [0.717, 1.165) is 29.7 Å². The van der Waals surface area contributed by atoms with Crippen LogP contribution in [0.5, 0.6) is 5.75 Å². The van der Waals surface area contributed by atoms with Gasteiger partial charge in [-0.1, -0.05) is 54.1 Å². The van der Waals surface area contributed by atoms with E-state index in [1.54, 1.807) is 27.2 Å². The summed E-state index contributed by atoms with van der Waals surface area (Å²) in [5.41, 5.74) is 10.8. The highest BCUT2D eigenvalue weighted by atomic mass is 16.5. The SMILES string of the molecule is C/C=C(\C(=O)CN)c1c(NCC2=CC=C(OC)CC2)ncnc1Nc1cc(-c2ccccc2)ccc1OC. The molecule has 1 aliphatic rings. The van der Waals surface area contributed by atoms with E-state index in [1.165, 1.54) is 11.9 Å². The molecule has 0 amide bonds. The fourth-order valence-corrected chi connectivity index (χ4v) is 4.34. The molecule has 4 rings (SSSR count). The highest BCUT2D eigenvalue weighted by Gasteiger charge is 2.22. The number of allylic oxidation sites excluding steroid dienone is 4. The molecule has 8 heteroatoms. The number of nitrogens with one attached hydrogen (secondary N) is 2. The van der Waals surface area contributed by atoms with Gasteiger partial charge < -0.3 is 25.8 Å². The summed E-state index contributed by atoms with van der Waals surface area (Å²) in [6.07, 6.45) is 8.97. The van der Waals surface area contributed by atoms with Crippen molar-refractivity contribution in [2.45, 2.75) is 19.8 Å². The van der Waals surface area contributed by atoms with Crippen LogP contribution in [-0.4, -0.2) is 43.1 Å². The Labute approximate surface area is 223 Å². The molecule has 0 saturated heterocycles. The Morgan fingerprint density at radius 2 is 1.79 bits per heavy atom. The molecule has 0 fully saturated rings. The number of methoxy groups -OCH3 is 2. The Hall–Kier alpha value is -4.43. The maximum absolute atomic E-state index is 12.9. The van der Waals surface area contributed by atoms with Crippen molar-refractivity contribution in [2.75, 3.05) is 37.9 Å². The van der Waals surface area contributed by atoms with Crippen molar-refractivity contribution in [1.29, 1.82) is 0 Å². The number of carbonyl (C=O) groups is 1. The van der Waals surface area contributed by atoms with Gasteiger partial charge in [0, 0.05) is 18.5 Å². The van der Waals surface area contributed by atoms with E-state index in [1.807, 2.05) is 54.6 Å². The first-order valence-electron chi connectivity index (χ1n) is 12.5. The van der Waals surface area contributed by atoms with Crippen molar-refractivity contribution < 1.29 is 14.3 Å². The highest BCUT2D eigenvalue weighted by Crippen LogP contribution is 2.36. The van der Waals surface area contributed by atoms with Crippen LogP contribution in [0.4, 0.5) is 17.3 Å². The van der Waals surface area contributed by atoms with E-state index in [4.69, 9.17) is 15.2 Å². The number of anilines is 3. The maximum Gasteiger partial charge on any atom is 0.176 e. The van der Waals surface area contributed by atoms with Gasteiger partial charge in [-0.2, -0.15) is 0 Å². The zero-order chi connectivity index (χ0) is 26.9. The third-order valence-electron chi connectivity index (χ3n) is 6.39. The molecule has 8 nitrogen and oxygen atoms in total. The second kappa shape index (κ2) is 12.7. The molecular weight excluding hydrogens is 478 g/mol. The Bertz CT molecular complexity index is 1380. The first kappa shape index (κ1) is 26.6. The Kier molecular flexibility index (Phi) is 8.89. The molecule has 4 N–H and O–H groups in total. The molecule has 2 aromatic carbocycles. The number of ether oxygens (including phenoxy) is 2. The van der Waals surface area contributed by atoms with Gasteiger partial charge in [0.15, 0.2) is 5.78 Å². The van der Waals surface area contributed by atoms with Gasteiger partial charge in [0.25, 0.3) is 0 Å². The lowest BCUT2D eigenvalue weighted by molar-refractivity contribution is -0.112. The first-order chi connectivity index (χ1) is 18.6. The lowest BCUT2D eigenvalue weighted by Gasteiger charge is -2.20. The average Bonchev–Trinajstić information content (AvgIpc) is 2.97. The zero-order valence-corrected chi connectivity index (χ0v) is 22.0. The Balaban J connectivity index is 1.73. The largest absolute Gasteiger partial charge is 0.501 e. The lowest BCUT2D eigenvalue weighted by Crippen LogP contribution is -2.18. The normalized spacial score (nSPS) is 13.3. The van der Waals surface area contributed by atoms with E-state index in [-0.39, 0.29) is 12.3 Å². The van der Waals surface area contributed by atoms with Crippen LogP contribution < -0.4 is 21.1 Å². The molecule has 1 aliphatic carbocycles. The first-order valence-corrected chi connectivity index (χ1v) is 12.5. The van der Waals surface area contributed by atoms with Crippen LogP contribution in [0.2, 0.25) is 0 Å². The van der Waals surface area contributed by atoms with Gasteiger partial charge in [-0.25, -0.2) is 9.97 Å². The van der Waals surface area contributed by atoms with E-state index in [2.05, 4.69) is 26.7 Å². The molecule has 1 heterocycles. The van der Waals surface area contributed by atoms with Crippen molar-refractivity contribution in [3.63, 3.8) is 0 Å². The topological polar surface area (TPSA) is 111 Å². The standard InChI is InChI=1S/C30H33N5O3/c1-4-24(26(36)17-31)28-29(32-18-20-10-13-23(37-2)14-11-20)33-19-34-30(28)35-25-16-22(12-15-27(25)38-3)21-8-6-5-7-9-21/h4-10,12-13,15-16,19H,11,14,17-18,31H2,1-3H3,(H2,32,33,34,35)/b24-4+. The summed E-state index contributed by atoms with van der Waals surface area (Å²) in [6.45, 7) is 2.24. The summed E-state index contributed by atoms with van der Waals surface area (Å²) in [6, 6.07) is 16.0. The minimum atomic E-state index is -0.206. The smallest absolute Gasteiger partial charge is 0.176 e. The van der Waals surface area contributed by atoms with Gasteiger partial charge in [0.1, 0.15) is 23.7 Å².